The molecular weight excluding hydrogens is 214 g/mol. The fourth-order valence-electron chi connectivity index (χ4n) is 1.49. The van der Waals surface area contributed by atoms with E-state index >= 15 is 0 Å². The number of ether oxygens (including phenoxy) is 2. The second-order valence-corrected chi connectivity index (χ2v) is 3.83. The highest BCUT2D eigenvalue weighted by molar-refractivity contribution is 5.14. The SMILES string of the molecule is CCOCCOCCCNCc1ccccc1. The van der Waals surface area contributed by atoms with Gasteiger partial charge < -0.3 is 14.8 Å². The fraction of sp³-hybridized carbons (Fsp3) is 0.571. The Morgan fingerprint density at radius 2 is 1.76 bits per heavy atom. The van der Waals surface area contributed by atoms with E-state index in [2.05, 4.69) is 29.6 Å². The lowest BCUT2D eigenvalue weighted by atomic mass is 10.2. The van der Waals surface area contributed by atoms with Crippen LogP contribution in [-0.4, -0.2) is 33.0 Å². The lowest BCUT2D eigenvalue weighted by Crippen LogP contribution is -2.16. The maximum absolute atomic E-state index is 5.42. The van der Waals surface area contributed by atoms with Crippen molar-refractivity contribution in [3.63, 3.8) is 0 Å². The zero-order valence-electron chi connectivity index (χ0n) is 10.7. The highest BCUT2D eigenvalue weighted by atomic mass is 16.5. The van der Waals surface area contributed by atoms with Crippen LogP contribution >= 0.6 is 0 Å². The normalized spacial score (nSPS) is 10.6. The van der Waals surface area contributed by atoms with Crippen LogP contribution in [0.25, 0.3) is 0 Å². The molecule has 0 bridgehead atoms. The van der Waals surface area contributed by atoms with Crippen molar-refractivity contribution in [2.45, 2.75) is 19.9 Å². The minimum atomic E-state index is 0.701. The van der Waals surface area contributed by atoms with Crippen molar-refractivity contribution in [2.24, 2.45) is 0 Å². The second-order valence-electron chi connectivity index (χ2n) is 3.83. The third-order valence-corrected chi connectivity index (χ3v) is 2.39. The van der Waals surface area contributed by atoms with Gasteiger partial charge in [-0.1, -0.05) is 30.3 Å². The van der Waals surface area contributed by atoms with E-state index in [0.717, 1.165) is 32.7 Å². The molecule has 1 rings (SSSR count). The molecule has 0 saturated heterocycles. The summed E-state index contributed by atoms with van der Waals surface area (Å²) in [5.74, 6) is 0. The van der Waals surface area contributed by atoms with Gasteiger partial charge in [-0.05, 0) is 25.5 Å². The van der Waals surface area contributed by atoms with Gasteiger partial charge in [0.1, 0.15) is 0 Å². The smallest absolute Gasteiger partial charge is 0.0700 e. The number of rotatable bonds is 10. The third kappa shape index (κ3) is 7.91. The summed E-state index contributed by atoms with van der Waals surface area (Å²) in [6, 6.07) is 10.4. The first-order valence-corrected chi connectivity index (χ1v) is 6.33. The van der Waals surface area contributed by atoms with E-state index in [1.165, 1.54) is 5.56 Å². The Balaban J connectivity index is 1.85. The number of nitrogens with one attached hydrogen (secondary N) is 1. The molecule has 1 N–H and O–H groups in total. The summed E-state index contributed by atoms with van der Waals surface area (Å²) in [5.41, 5.74) is 1.32. The summed E-state index contributed by atoms with van der Waals surface area (Å²) >= 11 is 0. The second kappa shape index (κ2) is 10.3. The Morgan fingerprint density at radius 1 is 1.00 bits per heavy atom. The average molecular weight is 237 g/mol. The van der Waals surface area contributed by atoms with Crippen LogP contribution in [0.3, 0.4) is 0 Å². The van der Waals surface area contributed by atoms with Gasteiger partial charge in [-0.15, -0.1) is 0 Å². The largest absolute Gasteiger partial charge is 0.379 e. The summed E-state index contributed by atoms with van der Waals surface area (Å²) < 4.78 is 10.6. The van der Waals surface area contributed by atoms with E-state index in [-0.39, 0.29) is 0 Å². The summed E-state index contributed by atoms with van der Waals surface area (Å²) in [6.45, 7) is 6.88. The third-order valence-electron chi connectivity index (χ3n) is 2.39. The van der Waals surface area contributed by atoms with Gasteiger partial charge in [-0.25, -0.2) is 0 Å². The maximum Gasteiger partial charge on any atom is 0.0700 e. The lowest BCUT2D eigenvalue weighted by molar-refractivity contribution is 0.0520. The zero-order chi connectivity index (χ0) is 12.2. The molecule has 0 saturated carbocycles. The summed E-state index contributed by atoms with van der Waals surface area (Å²) in [4.78, 5) is 0. The number of benzene rings is 1. The summed E-state index contributed by atoms with van der Waals surface area (Å²) in [7, 11) is 0. The predicted octanol–water partition coefficient (Wildman–Crippen LogP) is 2.22. The molecule has 0 radical (unpaired) electrons. The molecule has 0 fully saturated rings. The Bertz CT molecular complexity index is 264. The van der Waals surface area contributed by atoms with Crippen molar-refractivity contribution >= 4 is 0 Å². The zero-order valence-corrected chi connectivity index (χ0v) is 10.7. The monoisotopic (exact) mass is 237 g/mol. The maximum atomic E-state index is 5.42. The molecule has 96 valence electrons. The van der Waals surface area contributed by atoms with Crippen LogP contribution < -0.4 is 5.32 Å². The van der Waals surface area contributed by atoms with E-state index in [4.69, 9.17) is 9.47 Å². The minimum Gasteiger partial charge on any atom is -0.379 e. The van der Waals surface area contributed by atoms with Gasteiger partial charge in [0.25, 0.3) is 0 Å². The van der Waals surface area contributed by atoms with Crippen LogP contribution in [-0.2, 0) is 16.0 Å². The van der Waals surface area contributed by atoms with Gasteiger partial charge in [0, 0.05) is 19.8 Å². The fourth-order valence-corrected chi connectivity index (χ4v) is 1.49. The number of hydrogen-bond acceptors (Lipinski definition) is 3. The topological polar surface area (TPSA) is 30.5 Å². The molecular formula is C14H23NO2. The van der Waals surface area contributed by atoms with Gasteiger partial charge in [-0.2, -0.15) is 0 Å². The van der Waals surface area contributed by atoms with Crippen LogP contribution in [0, 0.1) is 0 Å². The van der Waals surface area contributed by atoms with Crippen molar-refractivity contribution in [1.29, 1.82) is 0 Å². The van der Waals surface area contributed by atoms with Gasteiger partial charge in [0.2, 0.25) is 0 Å². The summed E-state index contributed by atoms with van der Waals surface area (Å²) in [5, 5.41) is 3.39. The van der Waals surface area contributed by atoms with E-state index in [1.54, 1.807) is 0 Å². The molecule has 0 aromatic heterocycles. The molecule has 0 aliphatic heterocycles. The molecule has 1 aromatic rings. The first kappa shape index (κ1) is 14.2. The molecule has 0 atom stereocenters. The molecule has 0 heterocycles. The first-order chi connectivity index (χ1) is 8.43. The van der Waals surface area contributed by atoms with Crippen molar-refractivity contribution in [2.75, 3.05) is 33.0 Å². The van der Waals surface area contributed by atoms with Crippen molar-refractivity contribution in [3.05, 3.63) is 35.9 Å². The van der Waals surface area contributed by atoms with Crippen LogP contribution in [0.4, 0.5) is 0 Å². The molecule has 3 heteroatoms. The van der Waals surface area contributed by atoms with Crippen molar-refractivity contribution in [3.8, 4) is 0 Å². The first-order valence-electron chi connectivity index (χ1n) is 6.33. The Hall–Kier alpha value is -0.900. The highest BCUT2D eigenvalue weighted by Crippen LogP contribution is 1.96. The van der Waals surface area contributed by atoms with Crippen LogP contribution in [0.5, 0.6) is 0 Å². The minimum absolute atomic E-state index is 0.701. The van der Waals surface area contributed by atoms with Gasteiger partial charge in [0.05, 0.1) is 13.2 Å². The van der Waals surface area contributed by atoms with E-state index in [0.29, 0.717) is 13.2 Å². The van der Waals surface area contributed by atoms with E-state index in [1.807, 2.05) is 13.0 Å². The van der Waals surface area contributed by atoms with Gasteiger partial charge in [-0.3, -0.25) is 0 Å². The van der Waals surface area contributed by atoms with Crippen LogP contribution in [0.15, 0.2) is 30.3 Å². The van der Waals surface area contributed by atoms with E-state index < -0.39 is 0 Å². The highest BCUT2D eigenvalue weighted by Gasteiger charge is 1.92. The molecule has 0 amide bonds. The Labute approximate surface area is 104 Å². The average Bonchev–Trinajstić information content (AvgIpc) is 2.38. The molecule has 17 heavy (non-hydrogen) atoms. The van der Waals surface area contributed by atoms with Crippen LogP contribution in [0.1, 0.15) is 18.9 Å². The van der Waals surface area contributed by atoms with Gasteiger partial charge >= 0.3 is 0 Å². The van der Waals surface area contributed by atoms with Gasteiger partial charge in [0.15, 0.2) is 0 Å². The quantitative estimate of drug-likeness (QED) is 0.633. The molecule has 0 aliphatic carbocycles. The molecule has 1 aromatic carbocycles. The molecule has 0 aliphatic rings. The summed E-state index contributed by atoms with van der Waals surface area (Å²) in [6.07, 6.45) is 1.04. The Kier molecular flexibility index (Phi) is 8.55. The Morgan fingerprint density at radius 3 is 2.53 bits per heavy atom. The molecule has 3 nitrogen and oxygen atoms in total. The molecule has 0 unspecified atom stereocenters. The van der Waals surface area contributed by atoms with Crippen molar-refractivity contribution < 1.29 is 9.47 Å². The van der Waals surface area contributed by atoms with Crippen LogP contribution in [0.2, 0.25) is 0 Å². The predicted molar refractivity (Wildman–Crippen MR) is 70.1 cm³/mol. The van der Waals surface area contributed by atoms with Crippen molar-refractivity contribution in [1.82, 2.24) is 5.32 Å². The lowest BCUT2D eigenvalue weighted by Gasteiger charge is -2.06. The standard InChI is InChI=1S/C14H23NO2/c1-2-16-11-12-17-10-6-9-15-13-14-7-4-3-5-8-14/h3-5,7-8,15H,2,6,9-13H2,1H3. The molecule has 0 spiro atoms. The van der Waals surface area contributed by atoms with E-state index in [9.17, 15) is 0 Å². The number of hydrogen-bond donors (Lipinski definition) is 1.